The number of hydrogen-bond acceptors (Lipinski definition) is 6. The average Bonchev–Trinajstić information content (AvgIpc) is 3.27. The van der Waals surface area contributed by atoms with Gasteiger partial charge in [-0.2, -0.15) is 0 Å². The summed E-state index contributed by atoms with van der Waals surface area (Å²) in [5.74, 6) is -0.0807. The van der Waals surface area contributed by atoms with Crippen molar-refractivity contribution < 1.29 is 28.2 Å². The summed E-state index contributed by atoms with van der Waals surface area (Å²) >= 11 is 5.92. The van der Waals surface area contributed by atoms with Crippen molar-refractivity contribution in [1.82, 2.24) is 0 Å². The van der Waals surface area contributed by atoms with E-state index in [0.717, 1.165) is 0 Å². The lowest BCUT2D eigenvalue weighted by atomic mass is 10.2. The van der Waals surface area contributed by atoms with Crippen LogP contribution in [-0.2, 0) is 9.53 Å². The fourth-order valence-corrected chi connectivity index (χ4v) is 2.79. The van der Waals surface area contributed by atoms with Gasteiger partial charge in [0, 0.05) is 22.2 Å². The number of nitrogens with one attached hydrogen (secondary N) is 1. The molecular formula is C19H14ClNO6. The summed E-state index contributed by atoms with van der Waals surface area (Å²) < 4.78 is 21.1. The van der Waals surface area contributed by atoms with Crippen LogP contribution in [0.1, 0.15) is 17.5 Å². The van der Waals surface area contributed by atoms with Crippen molar-refractivity contribution in [2.24, 2.45) is 0 Å². The van der Waals surface area contributed by atoms with E-state index in [1.165, 1.54) is 13.0 Å². The Morgan fingerprint density at radius 2 is 1.93 bits per heavy atom. The van der Waals surface area contributed by atoms with Crippen LogP contribution in [-0.4, -0.2) is 24.8 Å². The van der Waals surface area contributed by atoms with Gasteiger partial charge in [0.25, 0.3) is 5.91 Å². The third kappa shape index (κ3) is 3.54. The van der Waals surface area contributed by atoms with Crippen LogP contribution in [0.25, 0.3) is 11.0 Å². The van der Waals surface area contributed by atoms with Crippen molar-refractivity contribution in [1.29, 1.82) is 0 Å². The van der Waals surface area contributed by atoms with Crippen molar-refractivity contribution >= 4 is 40.1 Å². The van der Waals surface area contributed by atoms with Crippen LogP contribution in [0.2, 0.25) is 5.02 Å². The number of fused-ring (bicyclic) bond motifs is 2. The molecule has 1 N–H and O–H groups in total. The van der Waals surface area contributed by atoms with E-state index in [4.69, 9.17) is 30.2 Å². The Hall–Kier alpha value is -3.19. The van der Waals surface area contributed by atoms with Gasteiger partial charge in [0.2, 0.25) is 12.6 Å². The Morgan fingerprint density at radius 1 is 1.11 bits per heavy atom. The summed E-state index contributed by atoms with van der Waals surface area (Å²) in [4.78, 5) is 24.5. The van der Waals surface area contributed by atoms with Gasteiger partial charge in [0.15, 0.2) is 17.6 Å². The molecule has 1 aromatic heterocycles. The zero-order valence-corrected chi connectivity index (χ0v) is 14.9. The van der Waals surface area contributed by atoms with Crippen LogP contribution in [0.4, 0.5) is 5.69 Å². The van der Waals surface area contributed by atoms with E-state index in [-0.39, 0.29) is 12.6 Å². The molecule has 0 radical (unpaired) electrons. The third-order valence-corrected chi connectivity index (χ3v) is 4.21. The first-order valence-electron chi connectivity index (χ1n) is 8.10. The zero-order chi connectivity index (χ0) is 19.0. The van der Waals surface area contributed by atoms with E-state index in [0.29, 0.717) is 33.2 Å². The molecule has 8 heteroatoms. The molecule has 0 fully saturated rings. The Morgan fingerprint density at radius 3 is 2.78 bits per heavy atom. The molecule has 2 aromatic carbocycles. The van der Waals surface area contributed by atoms with Gasteiger partial charge in [-0.1, -0.05) is 11.6 Å². The van der Waals surface area contributed by atoms with E-state index in [2.05, 4.69) is 5.32 Å². The number of ether oxygens (including phenoxy) is 3. The minimum Gasteiger partial charge on any atom is -0.454 e. The second kappa shape index (κ2) is 6.85. The van der Waals surface area contributed by atoms with E-state index < -0.39 is 18.0 Å². The number of anilines is 1. The Labute approximate surface area is 158 Å². The van der Waals surface area contributed by atoms with Crippen molar-refractivity contribution in [2.75, 3.05) is 12.1 Å². The highest BCUT2D eigenvalue weighted by atomic mass is 35.5. The maximum Gasteiger partial charge on any atom is 0.375 e. The number of carbonyl (C=O) groups excluding carboxylic acids is 2. The van der Waals surface area contributed by atoms with Crippen molar-refractivity contribution in [3.63, 3.8) is 0 Å². The van der Waals surface area contributed by atoms with E-state index in [1.54, 1.807) is 36.4 Å². The standard InChI is InChI=1S/C19H14ClNO6/c1-10(18(22)21-13-3-5-15-16(8-13)25-9-24-15)26-19(23)17-7-11-6-12(20)2-4-14(11)27-17/h2-8,10H,9H2,1H3,(H,21,22)/t10-/m0/s1. The Bertz CT molecular complexity index is 1040. The van der Waals surface area contributed by atoms with E-state index >= 15 is 0 Å². The minimum atomic E-state index is -1.03. The molecule has 1 amide bonds. The van der Waals surface area contributed by atoms with Crippen LogP contribution >= 0.6 is 11.6 Å². The molecule has 4 rings (SSSR count). The van der Waals surface area contributed by atoms with Crippen LogP contribution in [0, 0.1) is 0 Å². The van der Waals surface area contributed by atoms with Crippen molar-refractivity contribution in [2.45, 2.75) is 13.0 Å². The number of benzene rings is 2. The van der Waals surface area contributed by atoms with Crippen LogP contribution < -0.4 is 14.8 Å². The Balaban J connectivity index is 1.41. The second-order valence-corrected chi connectivity index (χ2v) is 6.33. The van der Waals surface area contributed by atoms with Crippen LogP contribution in [0.15, 0.2) is 46.9 Å². The molecule has 3 aromatic rings. The topological polar surface area (TPSA) is 87.0 Å². The molecule has 1 aliphatic rings. The highest BCUT2D eigenvalue weighted by Gasteiger charge is 2.22. The van der Waals surface area contributed by atoms with Gasteiger partial charge in [0.05, 0.1) is 0 Å². The first kappa shape index (κ1) is 17.2. The number of amides is 1. The lowest BCUT2D eigenvalue weighted by Gasteiger charge is -2.13. The van der Waals surface area contributed by atoms with Crippen LogP contribution in [0.3, 0.4) is 0 Å². The predicted molar refractivity (Wildman–Crippen MR) is 97.3 cm³/mol. The summed E-state index contributed by atoms with van der Waals surface area (Å²) in [6.07, 6.45) is -1.03. The van der Waals surface area contributed by atoms with Gasteiger partial charge in [-0.05, 0) is 43.3 Å². The number of carbonyl (C=O) groups is 2. The first-order valence-corrected chi connectivity index (χ1v) is 8.48. The van der Waals surface area contributed by atoms with Gasteiger partial charge in [-0.15, -0.1) is 0 Å². The molecule has 0 saturated heterocycles. The molecule has 0 spiro atoms. The van der Waals surface area contributed by atoms with Crippen molar-refractivity contribution in [3.05, 3.63) is 53.2 Å². The Kier molecular flexibility index (Phi) is 4.37. The predicted octanol–water partition coefficient (Wildman–Crippen LogP) is 4.00. The van der Waals surface area contributed by atoms with Gasteiger partial charge >= 0.3 is 5.97 Å². The molecule has 0 unspecified atom stereocenters. The molecule has 2 heterocycles. The smallest absolute Gasteiger partial charge is 0.375 e. The summed E-state index contributed by atoms with van der Waals surface area (Å²) in [5.41, 5.74) is 1.01. The number of furan rings is 1. The molecule has 27 heavy (non-hydrogen) atoms. The molecule has 0 saturated carbocycles. The number of esters is 1. The number of hydrogen-bond donors (Lipinski definition) is 1. The summed E-state index contributed by atoms with van der Waals surface area (Å²) in [7, 11) is 0. The maximum absolute atomic E-state index is 12.3. The van der Waals surface area contributed by atoms with E-state index in [1.807, 2.05) is 0 Å². The summed E-state index contributed by atoms with van der Waals surface area (Å²) in [5, 5.41) is 3.86. The van der Waals surface area contributed by atoms with Gasteiger partial charge in [-0.25, -0.2) is 4.79 Å². The average molecular weight is 388 g/mol. The first-order chi connectivity index (χ1) is 13.0. The normalized spacial score (nSPS) is 13.4. The molecule has 138 valence electrons. The zero-order valence-electron chi connectivity index (χ0n) is 14.2. The number of halogens is 1. The molecular weight excluding hydrogens is 374 g/mol. The fraction of sp³-hybridized carbons (Fsp3) is 0.158. The lowest BCUT2D eigenvalue weighted by molar-refractivity contribution is -0.123. The van der Waals surface area contributed by atoms with Gasteiger partial charge in [0.1, 0.15) is 5.58 Å². The molecule has 0 bridgehead atoms. The highest BCUT2D eigenvalue weighted by molar-refractivity contribution is 6.31. The quantitative estimate of drug-likeness (QED) is 0.681. The minimum absolute atomic E-state index is 0.00463. The summed E-state index contributed by atoms with van der Waals surface area (Å²) in [6, 6.07) is 11.5. The largest absolute Gasteiger partial charge is 0.454 e. The van der Waals surface area contributed by atoms with Gasteiger partial charge in [-0.3, -0.25) is 4.79 Å². The van der Waals surface area contributed by atoms with Gasteiger partial charge < -0.3 is 23.9 Å². The third-order valence-electron chi connectivity index (χ3n) is 3.97. The van der Waals surface area contributed by atoms with Crippen LogP contribution in [0.5, 0.6) is 11.5 Å². The second-order valence-electron chi connectivity index (χ2n) is 5.90. The molecule has 1 aliphatic heterocycles. The summed E-state index contributed by atoms with van der Waals surface area (Å²) in [6.45, 7) is 1.61. The highest BCUT2D eigenvalue weighted by Crippen LogP contribution is 2.34. The molecule has 1 atom stereocenters. The monoisotopic (exact) mass is 387 g/mol. The van der Waals surface area contributed by atoms with E-state index in [9.17, 15) is 9.59 Å². The fourth-order valence-electron chi connectivity index (χ4n) is 2.61. The van der Waals surface area contributed by atoms with Crippen molar-refractivity contribution in [3.8, 4) is 11.5 Å². The maximum atomic E-state index is 12.3. The number of rotatable bonds is 4. The lowest BCUT2D eigenvalue weighted by Crippen LogP contribution is -2.29. The molecule has 0 aliphatic carbocycles. The molecule has 7 nitrogen and oxygen atoms in total. The SMILES string of the molecule is C[C@H](OC(=O)c1cc2cc(Cl)ccc2o1)C(=O)Nc1ccc2c(c1)OCO2.